The summed E-state index contributed by atoms with van der Waals surface area (Å²) in [5, 5.41) is 14.7. The SMILES string of the molecule is CC[C@H](C)NC(=O)CSc1nnc(-c2ccccc2)c2ccccc12. The molecule has 0 fully saturated rings. The number of hydrogen-bond acceptors (Lipinski definition) is 4. The number of benzene rings is 2. The highest BCUT2D eigenvalue weighted by Crippen LogP contribution is 2.31. The van der Waals surface area contributed by atoms with Crippen LogP contribution in [0.4, 0.5) is 0 Å². The first-order valence-electron chi connectivity index (χ1n) is 8.42. The predicted molar refractivity (Wildman–Crippen MR) is 104 cm³/mol. The van der Waals surface area contributed by atoms with Gasteiger partial charge in [0.15, 0.2) is 0 Å². The lowest BCUT2D eigenvalue weighted by Crippen LogP contribution is -2.33. The Hall–Kier alpha value is -2.40. The van der Waals surface area contributed by atoms with Crippen molar-refractivity contribution in [2.24, 2.45) is 0 Å². The van der Waals surface area contributed by atoms with Crippen LogP contribution in [-0.4, -0.2) is 27.9 Å². The molecule has 0 spiro atoms. The number of nitrogens with one attached hydrogen (secondary N) is 1. The first kappa shape index (κ1) is 17.4. The van der Waals surface area contributed by atoms with E-state index in [4.69, 9.17) is 0 Å². The fraction of sp³-hybridized carbons (Fsp3) is 0.250. The molecule has 0 saturated carbocycles. The third-order valence-electron chi connectivity index (χ3n) is 4.06. The van der Waals surface area contributed by atoms with Crippen LogP contribution in [0.5, 0.6) is 0 Å². The van der Waals surface area contributed by atoms with Gasteiger partial charge < -0.3 is 5.32 Å². The van der Waals surface area contributed by atoms with Crippen molar-refractivity contribution in [1.82, 2.24) is 15.5 Å². The van der Waals surface area contributed by atoms with Crippen LogP contribution >= 0.6 is 11.8 Å². The molecule has 0 saturated heterocycles. The average Bonchev–Trinajstić information content (AvgIpc) is 2.66. The molecule has 2 aromatic carbocycles. The lowest BCUT2D eigenvalue weighted by Gasteiger charge is -2.12. The van der Waals surface area contributed by atoms with E-state index in [1.54, 1.807) is 0 Å². The second-order valence-corrected chi connectivity index (χ2v) is 6.89. The van der Waals surface area contributed by atoms with Gasteiger partial charge in [-0.2, -0.15) is 0 Å². The van der Waals surface area contributed by atoms with Crippen LogP contribution in [-0.2, 0) is 4.79 Å². The molecule has 0 unspecified atom stereocenters. The second kappa shape index (κ2) is 8.12. The summed E-state index contributed by atoms with van der Waals surface area (Å²) in [6.45, 7) is 4.06. The molecule has 0 bridgehead atoms. The summed E-state index contributed by atoms with van der Waals surface area (Å²) in [4.78, 5) is 12.0. The standard InChI is InChI=1S/C20H21N3OS/c1-3-14(2)21-18(24)13-25-20-17-12-8-7-11-16(17)19(22-23-20)15-9-5-4-6-10-15/h4-12,14H,3,13H2,1-2H3,(H,21,24)/t14-/m0/s1. The zero-order chi connectivity index (χ0) is 17.6. The highest BCUT2D eigenvalue weighted by Gasteiger charge is 2.13. The third-order valence-corrected chi connectivity index (χ3v) is 5.04. The predicted octanol–water partition coefficient (Wildman–Crippen LogP) is 4.30. The summed E-state index contributed by atoms with van der Waals surface area (Å²) in [5.41, 5.74) is 1.90. The monoisotopic (exact) mass is 351 g/mol. The Labute approximate surface area is 152 Å². The van der Waals surface area contributed by atoms with E-state index < -0.39 is 0 Å². The molecule has 25 heavy (non-hydrogen) atoms. The van der Waals surface area contributed by atoms with Crippen LogP contribution in [0.25, 0.3) is 22.0 Å². The Morgan fingerprint density at radius 3 is 2.44 bits per heavy atom. The minimum absolute atomic E-state index is 0.0253. The normalized spacial score (nSPS) is 12.1. The van der Waals surface area contributed by atoms with Gasteiger partial charge in [0, 0.05) is 22.4 Å². The van der Waals surface area contributed by atoms with Crippen molar-refractivity contribution in [3.63, 3.8) is 0 Å². The van der Waals surface area contributed by atoms with Gasteiger partial charge >= 0.3 is 0 Å². The van der Waals surface area contributed by atoms with Crippen LogP contribution < -0.4 is 5.32 Å². The minimum atomic E-state index is 0.0253. The molecule has 3 aromatic rings. The Kier molecular flexibility index (Phi) is 5.66. The van der Waals surface area contributed by atoms with E-state index in [0.29, 0.717) is 5.75 Å². The zero-order valence-corrected chi connectivity index (χ0v) is 15.2. The molecule has 1 heterocycles. The van der Waals surface area contributed by atoms with Gasteiger partial charge in [0.05, 0.1) is 5.75 Å². The molecule has 0 aliphatic carbocycles. The highest BCUT2D eigenvalue weighted by atomic mass is 32.2. The number of hydrogen-bond donors (Lipinski definition) is 1. The molecule has 5 heteroatoms. The van der Waals surface area contributed by atoms with Crippen LogP contribution in [0.2, 0.25) is 0 Å². The van der Waals surface area contributed by atoms with E-state index in [1.165, 1.54) is 11.8 Å². The molecule has 1 atom stereocenters. The summed E-state index contributed by atoms with van der Waals surface area (Å²) < 4.78 is 0. The molecule has 1 amide bonds. The molecule has 1 aromatic heterocycles. The zero-order valence-electron chi connectivity index (χ0n) is 14.4. The van der Waals surface area contributed by atoms with Crippen LogP contribution in [0, 0.1) is 0 Å². The van der Waals surface area contributed by atoms with E-state index in [1.807, 2.05) is 55.5 Å². The van der Waals surface area contributed by atoms with E-state index in [9.17, 15) is 4.79 Å². The number of amides is 1. The summed E-state index contributed by atoms with van der Waals surface area (Å²) in [6.07, 6.45) is 0.922. The number of rotatable bonds is 6. The molecule has 0 radical (unpaired) electrons. The lowest BCUT2D eigenvalue weighted by atomic mass is 10.1. The van der Waals surface area contributed by atoms with Gasteiger partial charge in [-0.05, 0) is 13.3 Å². The maximum Gasteiger partial charge on any atom is 0.230 e. The van der Waals surface area contributed by atoms with E-state index >= 15 is 0 Å². The Balaban J connectivity index is 1.87. The second-order valence-electron chi connectivity index (χ2n) is 5.93. The number of carbonyl (C=O) groups excluding carboxylic acids is 1. The quantitative estimate of drug-likeness (QED) is 0.673. The summed E-state index contributed by atoms with van der Waals surface area (Å²) in [6, 6.07) is 18.3. The molecular weight excluding hydrogens is 330 g/mol. The van der Waals surface area contributed by atoms with Crippen molar-refractivity contribution in [3.05, 3.63) is 54.6 Å². The van der Waals surface area contributed by atoms with Gasteiger partial charge in [0.1, 0.15) is 10.7 Å². The molecule has 0 aliphatic heterocycles. The van der Waals surface area contributed by atoms with Gasteiger partial charge in [0.25, 0.3) is 0 Å². The molecular formula is C20H21N3OS. The van der Waals surface area contributed by atoms with Gasteiger partial charge in [-0.3, -0.25) is 4.79 Å². The maximum atomic E-state index is 12.0. The first-order chi connectivity index (χ1) is 12.2. The van der Waals surface area contributed by atoms with E-state index in [0.717, 1.165) is 33.5 Å². The fourth-order valence-electron chi connectivity index (χ4n) is 2.55. The maximum absolute atomic E-state index is 12.0. The Morgan fingerprint density at radius 1 is 1.04 bits per heavy atom. The van der Waals surface area contributed by atoms with Crippen molar-refractivity contribution >= 4 is 28.4 Å². The van der Waals surface area contributed by atoms with Gasteiger partial charge in [-0.1, -0.05) is 73.3 Å². The number of carbonyl (C=O) groups is 1. The van der Waals surface area contributed by atoms with Crippen molar-refractivity contribution < 1.29 is 4.79 Å². The summed E-state index contributed by atoms with van der Waals surface area (Å²) >= 11 is 1.43. The van der Waals surface area contributed by atoms with Crippen molar-refractivity contribution in [3.8, 4) is 11.3 Å². The van der Waals surface area contributed by atoms with Crippen molar-refractivity contribution in [1.29, 1.82) is 0 Å². The number of aromatic nitrogens is 2. The number of thioether (sulfide) groups is 1. The Bertz CT molecular complexity index is 867. The van der Waals surface area contributed by atoms with Crippen LogP contribution in [0.15, 0.2) is 59.6 Å². The van der Waals surface area contributed by atoms with Crippen LogP contribution in [0.3, 0.4) is 0 Å². The van der Waals surface area contributed by atoms with Gasteiger partial charge in [0.2, 0.25) is 5.91 Å². The molecule has 1 N–H and O–H groups in total. The summed E-state index contributed by atoms with van der Waals surface area (Å²) in [5.74, 6) is 0.366. The van der Waals surface area contributed by atoms with Gasteiger partial charge in [-0.25, -0.2) is 0 Å². The number of fused-ring (bicyclic) bond motifs is 1. The minimum Gasteiger partial charge on any atom is -0.353 e. The summed E-state index contributed by atoms with van der Waals surface area (Å²) in [7, 11) is 0. The lowest BCUT2D eigenvalue weighted by molar-refractivity contribution is -0.119. The molecule has 0 aliphatic rings. The average molecular weight is 351 g/mol. The number of nitrogens with zero attached hydrogens (tertiary/aromatic N) is 2. The molecule has 4 nitrogen and oxygen atoms in total. The fourth-order valence-corrected chi connectivity index (χ4v) is 3.33. The largest absolute Gasteiger partial charge is 0.353 e. The topological polar surface area (TPSA) is 54.9 Å². The van der Waals surface area contributed by atoms with Crippen molar-refractivity contribution in [2.75, 3.05) is 5.75 Å². The van der Waals surface area contributed by atoms with E-state index in [-0.39, 0.29) is 11.9 Å². The van der Waals surface area contributed by atoms with Crippen LogP contribution in [0.1, 0.15) is 20.3 Å². The smallest absolute Gasteiger partial charge is 0.230 e. The molecule has 128 valence electrons. The van der Waals surface area contributed by atoms with E-state index in [2.05, 4.69) is 28.5 Å². The third kappa shape index (κ3) is 4.17. The van der Waals surface area contributed by atoms with Gasteiger partial charge in [-0.15, -0.1) is 10.2 Å². The highest BCUT2D eigenvalue weighted by molar-refractivity contribution is 8.00. The molecule has 3 rings (SSSR count). The van der Waals surface area contributed by atoms with Crippen molar-refractivity contribution in [2.45, 2.75) is 31.3 Å². The first-order valence-corrected chi connectivity index (χ1v) is 9.40. The Morgan fingerprint density at radius 2 is 1.72 bits per heavy atom.